The van der Waals surface area contributed by atoms with Gasteiger partial charge in [0.05, 0.1) is 37.6 Å². The Morgan fingerprint density at radius 1 is 0.865 bits per heavy atom. The molecule has 0 fully saturated rings. The first-order valence-electron chi connectivity index (χ1n) is 11.2. The fraction of sp³-hybridized carbons (Fsp3) is 0.636. The van der Waals surface area contributed by atoms with Gasteiger partial charge in [-0.2, -0.15) is 27.9 Å². The van der Waals surface area contributed by atoms with Gasteiger partial charge in [-0.3, -0.25) is 9.59 Å². The van der Waals surface area contributed by atoms with Crippen molar-refractivity contribution in [2.75, 3.05) is 67.9 Å². The molecule has 0 amide bonds. The average molecular weight is 594 g/mol. The van der Waals surface area contributed by atoms with Crippen molar-refractivity contribution in [2.45, 2.75) is 19.8 Å². The Bertz CT molecular complexity index is 983. The molecule has 0 bridgehead atoms. The van der Waals surface area contributed by atoms with Crippen LogP contribution in [0.5, 0.6) is 5.75 Å². The van der Waals surface area contributed by atoms with Crippen molar-refractivity contribution in [3.8, 4) is 5.75 Å². The second-order valence-corrected chi connectivity index (χ2v) is 12.6. The summed E-state index contributed by atoms with van der Waals surface area (Å²) in [7, 11) is -1.52. The number of rotatable bonds is 19. The second-order valence-electron chi connectivity index (χ2n) is 7.87. The summed E-state index contributed by atoms with van der Waals surface area (Å²) >= 11 is 2.76. The third-order valence-electron chi connectivity index (χ3n) is 4.88. The van der Waals surface area contributed by atoms with Crippen molar-refractivity contribution in [1.82, 2.24) is 4.90 Å². The van der Waals surface area contributed by atoms with Crippen molar-refractivity contribution < 1.29 is 50.1 Å². The number of halogens is 4. The Kier molecular flexibility index (Phi) is 15.5. The van der Waals surface area contributed by atoms with Gasteiger partial charge in [0, 0.05) is 41.7 Å². The number of likely N-dealkylation sites (N-methyl/N-ethyl adjacent to an activating group) is 1. The molecule has 1 N–H and O–H groups in total. The molecule has 212 valence electrons. The number of esters is 1. The zero-order valence-electron chi connectivity index (χ0n) is 20.6. The minimum absolute atomic E-state index is 0.0126. The molecule has 1 rings (SSSR count). The van der Waals surface area contributed by atoms with Gasteiger partial charge in [-0.05, 0) is 14.0 Å². The minimum atomic E-state index is -3.27. The fourth-order valence-electron chi connectivity index (χ4n) is 2.65. The maximum absolute atomic E-state index is 13.9. The van der Waals surface area contributed by atoms with Crippen LogP contribution in [0, 0.1) is 30.2 Å². The highest BCUT2D eigenvalue weighted by Crippen LogP contribution is 2.30. The Hall–Kier alpha value is -1.55. The number of nitrogens with zero attached hydrogens (tertiary/aromatic N) is 1. The monoisotopic (exact) mass is 593 g/mol. The zero-order valence-corrected chi connectivity index (χ0v) is 23.0. The maximum Gasteiger partial charge on any atom is 0.312 e. The van der Waals surface area contributed by atoms with Crippen LogP contribution in [0.15, 0.2) is 0 Å². The van der Waals surface area contributed by atoms with E-state index in [1.54, 1.807) is 11.9 Å². The summed E-state index contributed by atoms with van der Waals surface area (Å²) in [6.45, 7) is 2.13. The highest BCUT2D eigenvalue weighted by atomic mass is 32.2. The van der Waals surface area contributed by atoms with Gasteiger partial charge in [-0.25, -0.2) is 21.6 Å². The van der Waals surface area contributed by atoms with E-state index >= 15 is 0 Å². The third-order valence-corrected chi connectivity index (χ3v) is 8.99. The number of carbonyl (C=O) groups is 2. The van der Waals surface area contributed by atoms with Gasteiger partial charge in [0.15, 0.2) is 27.3 Å². The molecular weight excluding hydrogens is 562 g/mol. The molecule has 0 aliphatic carbocycles. The smallest absolute Gasteiger partial charge is 0.312 e. The van der Waals surface area contributed by atoms with Crippen molar-refractivity contribution >= 4 is 45.3 Å². The van der Waals surface area contributed by atoms with Gasteiger partial charge in [0.2, 0.25) is 11.6 Å². The summed E-state index contributed by atoms with van der Waals surface area (Å²) in [6.07, 6.45) is -0.189. The van der Waals surface area contributed by atoms with Crippen LogP contribution in [0.2, 0.25) is 0 Å². The van der Waals surface area contributed by atoms with Crippen molar-refractivity contribution in [1.29, 1.82) is 0 Å². The Morgan fingerprint density at radius 3 is 2.16 bits per heavy atom. The number of hydrogen-bond acceptors (Lipinski definition) is 9. The van der Waals surface area contributed by atoms with Gasteiger partial charge in [-0.1, -0.05) is 0 Å². The summed E-state index contributed by atoms with van der Waals surface area (Å²) in [5.41, 5.74) is -0.791. The molecule has 0 aliphatic heterocycles. The third kappa shape index (κ3) is 13.2. The molecule has 0 unspecified atom stereocenters. The number of sulfone groups is 1. The number of hydrogen-bond donors (Lipinski definition) is 1. The Morgan fingerprint density at radius 2 is 1.51 bits per heavy atom. The first-order valence-corrected chi connectivity index (χ1v) is 15.4. The van der Waals surface area contributed by atoms with E-state index in [9.17, 15) is 35.6 Å². The maximum atomic E-state index is 13.9. The molecule has 0 aliphatic rings. The highest BCUT2D eigenvalue weighted by Gasteiger charge is 2.26. The number of benzene rings is 1. The van der Waals surface area contributed by atoms with E-state index in [4.69, 9.17) is 9.84 Å². The van der Waals surface area contributed by atoms with E-state index in [-0.39, 0.29) is 36.7 Å². The minimum Gasteiger partial charge on any atom is -0.481 e. The van der Waals surface area contributed by atoms with Crippen LogP contribution in [-0.2, 0) is 24.2 Å². The van der Waals surface area contributed by atoms with Crippen molar-refractivity contribution in [3.63, 3.8) is 0 Å². The average Bonchev–Trinajstić information content (AvgIpc) is 2.84. The van der Waals surface area contributed by atoms with Crippen LogP contribution in [0.3, 0.4) is 0 Å². The molecule has 0 heterocycles. The largest absolute Gasteiger partial charge is 0.481 e. The van der Waals surface area contributed by atoms with Crippen LogP contribution in [0.1, 0.15) is 18.4 Å². The van der Waals surface area contributed by atoms with Crippen LogP contribution >= 0.6 is 23.5 Å². The van der Waals surface area contributed by atoms with Gasteiger partial charge < -0.3 is 19.5 Å². The molecule has 0 atom stereocenters. The van der Waals surface area contributed by atoms with Gasteiger partial charge in [0.1, 0.15) is 0 Å². The summed E-state index contributed by atoms with van der Waals surface area (Å²) < 4.78 is 88.2. The van der Waals surface area contributed by atoms with Crippen LogP contribution in [0.25, 0.3) is 0 Å². The first-order chi connectivity index (χ1) is 17.4. The topological polar surface area (TPSA) is 110 Å². The van der Waals surface area contributed by atoms with E-state index < -0.39 is 56.4 Å². The summed E-state index contributed by atoms with van der Waals surface area (Å²) in [5.74, 6) is -8.41. The lowest BCUT2D eigenvalue weighted by molar-refractivity contribution is -0.137. The number of thioether (sulfide) groups is 2. The molecule has 0 spiro atoms. The van der Waals surface area contributed by atoms with Gasteiger partial charge >= 0.3 is 11.9 Å². The predicted molar refractivity (Wildman–Crippen MR) is 135 cm³/mol. The van der Waals surface area contributed by atoms with Gasteiger partial charge in [0.25, 0.3) is 0 Å². The number of carboxylic acid groups (broad SMARTS) is 1. The molecule has 1 aromatic carbocycles. The van der Waals surface area contributed by atoms with E-state index in [0.29, 0.717) is 37.0 Å². The molecule has 0 aromatic heterocycles. The Balaban J connectivity index is 2.13. The lowest BCUT2D eigenvalue weighted by Crippen LogP contribution is -2.26. The number of aliphatic carboxylic acids is 1. The number of ether oxygens (including phenoxy) is 2. The van der Waals surface area contributed by atoms with E-state index in [0.717, 1.165) is 6.92 Å². The molecule has 0 saturated carbocycles. The predicted octanol–water partition coefficient (Wildman–Crippen LogP) is 3.15. The molecular formula is C22H31F4NO7S3. The molecule has 0 radical (unpaired) electrons. The van der Waals surface area contributed by atoms with Gasteiger partial charge in [-0.15, -0.1) is 0 Å². The van der Waals surface area contributed by atoms with E-state index in [2.05, 4.69) is 4.74 Å². The zero-order chi connectivity index (χ0) is 28.0. The van der Waals surface area contributed by atoms with E-state index in [1.165, 1.54) is 23.5 Å². The van der Waals surface area contributed by atoms with E-state index in [1.807, 2.05) is 0 Å². The molecule has 8 nitrogen and oxygen atoms in total. The normalized spacial score (nSPS) is 11.8. The second kappa shape index (κ2) is 17.1. The summed E-state index contributed by atoms with van der Waals surface area (Å²) in [5, 5.41) is 8.62. The van der Waals surface area contributed by atoms with Crippen LogP contribution < -0.4 is 4.74 Å². The van der Waals surface area contributed by atoms with Crippen molar-refractivity contribution in [2.24, 2.45) is 0 Å². The lowest BCUT2D eigenvalue weighted by Gasteiger charge is -2.15. The number of carboxylic acids is 1. The quantitative estimate of drug-likeness (QED) is 0.0642. The van der Waals surface area contributed by atoms with Crippen LogP contribution in [-0.4, -0.2) is 98.2 Å². The molecule has 0 saturated heterocycles. The summed E-state index contributed by atoms with van der Waals surface area (Å²) in [4.78, 5) is 24.1. The standard InChI is InChI=1S/C22H31F4NO7S3/c1-15-18(23)20(25)21(26)22(19(15)24)34-17(30)4-9-35-10-11-36-12-14-37(31,32)13-8-33-7-6-27(2)5-3-16(28)29/h3-14H2,1-2H3,(H,28,29). The Labute approximate surface area is 222 Å². The van der Waals surface area contributed by atoms with Crippen LogP contribution in [0.4, 0.5) is 17.6 Å². The highest BCUT2D eigenvalue weighted by molar-refractivity contribution is 8.03. The number of carbonyl (C=O) groups excluding carboxylic acids is 1. The SMILES string of the molecule is Cc1c(F)c(F)c(F)c(OC(=O)CCSCCSCCS(=O)(=O)CCOCCN(C)CCC(=O)O)c1F. The molecule has 1 aromatic rings. The summed E-state index contributed by atoms with van der Waals surface area (Å²) in [6, 6.07) is 0. The fourth-order valence-corrected chi connectivity index (χ4v) is 6.38. The lowest BCUT2D eigenvalue weighted by atomic mass is 10.2. The first kappa shape index (κ1) is 33.5. The molecule has 15 heteroatoms. The molecule has 37 heavy (non-hydrogen) atoms. The van der Waals surface area contributed by atoms with Crippen molar-refractivity contribution in [3.05, 3.63) is 28.8 Å².